The molecule has 10 atom stereocenters. The second-order valence-electron chi connectivity index (χ2n) is 11.1. The molecule has 3 unspecified atom stereocenters. The average molecular weight is 784 g/mol. The van der Waals surface area contributed by atoms with E-state index in [9.17, 15) is 53.3 Å². The van der Waals surface area contributed by atoms with Crippen LogP contribution in [0.3, 0.4) is 0 Å². The zero-order chi connectivity index (χ0) is 37.2. The Labute approximate surface area is 281 Å². The number of phosphoric ester groups is 2. The third-order valence-electron chi connectivity index (χ3n) is 7.56. The van der Waals surface area contributed by atoms with Crippen LogP contribution in [0.5, 0.6) is 0 Å². The summed E-state index contributed by atoms with van der Waals surface area (Å²) in [7, 11) is -16.7. The summed E-state index contributed by atoms with van der Waals surface area (Å²) < 4.78 is 68.1. The Hall–Kier alpha value is -3.49. The number of nitrogens with two attached hydrogens (primary N) is 2. The quantitative estimate of drug-likeness (QED) is 0.0520. The number of anilines is 2. The Balaban J connectivity index is 1.03. The lowest BCUT2D eigenvalue weighted by atomic mass is 10.1. The Kier molecular flexibility index (Phi) is 9.86. The van der Waals surface area contributed by atoms with Crippen LogP contribution in [0.25, 0.3) is 22.3 Å². The predicted molar refractivity (Wildman–Crippen MR) is 156 cm³/mol. The van der Waals surface area contributed by atoms with E-state index in [4.69, 9.17) is 20.9 Å². The molecule has 2 aliphatic heterocycles. The molecule has 2 saturated heterocycles. The standard InChI is InChI=1S/C21H29N10O17P3/c1-29-6-31(16-12(29)18(36)28-21(23)26-16)10-2-7(32)8(45-10)3-43-49(37,38)47-51(41,42)48-50(39,40)44-4-9-13(33)14(34)19(46-9)30-5-24-11-15(30)25-20(22)27-17(11)35/h5-10,13-14,19,32-34H,2-4H2,1H3,(H8-,22,23,25,26,27,28,35,36,37,38,39,40,41,42)/p-2/t7-,8+,9+,10+,13+,14+,19+/m0/s1. The summed E-state index contributed by atoms with van der Waals surface area (Å²) in [4.78, 5) is 77.4. The number of imidazole rings is 2. The van der Waals surface area contributed by atoms with Crippen molar-refractivity contribution in [3.05, 3.63) is 33.4 Å². The van der Waals surface area contributed by atoms with Gasteiger partial charge in [0.05, 0.1) is 32.7 Å². The van der Waals surface area contributed by atoms with Gasteiger partial charge in [0.2, 0.25) is 11.5 Å². The normalized spacial score (nSPS) is 29.0. The number of aliphatic hydroxyl groups excluding tert-OH is 3. The van der Waals surface area contributed by atoms with E-state index >= 15 is 0 Å². The largest absolute Gasteiger partial charge is 0.756 e. The molecule has 0 amide bonds. The minimum Gasteiger partial charge on any atom is -0.756 e. The first-order valence-corrected chi connectivity index (χ1v) is 18.6. The maximum absolute atomic E-state index is 12.3. The summed E-state index contributed by atoms with van der Waals surface area (Å²) >= 11 is 0. The molecular weight excluding hydrogens is 757 g/mol. The fourth-order valence-electron chi connectivity index (χ4n) is 5.38. The van der Waals surface area contributed by atoms with Gasteiger partial charge in [-0.15, -0.1) is 0 Å². The molecule has 51 heavy (non-hydrogen) atoms. The number of aryl methyl sites for hydroxylation is 1. The van der Waals surface area contributed by atoms with Crippen molar-refractivity contribution in [2.24, 2.45) is 7.05 Å². The van der Waals surface area contributed by atoms with Crippen molar-refractivity contribution in [1.82, 2.24) is 34.1 Å². The summed E-state index contributed by atoms with van der Waals surface area (Å²) in [5.74, 6) is -0.533. The van der Waals surface area contributed by atoms with Gasteiger partial charge in [-0.05, 0) is 0 Å². The highest BCUT2D eigenvalue weighted by molar-refractivity contribution is 7.65. The van der Waals surface area contributed by atoms with Crippen LogP contribution in [0.2, 0.25) is 0 Å². The van der Waals surface area contributed by atoms with Crippen molar-refractivity contribution in [2.75, 3.05) is 24.7 Å². The number of aromatic amines is 2. The molecule has 4 aromatic rings. The van der Waals surface area contributed by atoms with Gasteiger partial charge in [-0.1, -0.05) is 4.98 Å². The molecular formula is C21H27N10O17P3-2. The van der Waals surface area contributed by atoms with E-state index < -0.39 is 90.8 Å². The van der Waals surface area contributed by atoms with Crippen molar-refractivity contribution in [3.8, 4) is 0 Å². The van der Waals surface area contributed by atoms with Crippen molar-refractivity contribution >= 4 is 57.7 Å². The number of nitrogen functional groups attached to an aromatic ring is 2. The van der Waals surface area contributed by atoms with Gasteiger partial charge < -0.3 is 60.0 Å². The summed E-state index contributed by atoms with van der Waals surface area (Å²) in [5, 5.41) is 31.3. The van der Waals surface area contributed by atoms with Crippen molar-refractivity contribution in [3.63, 3.8) is 0 Å². The molecule has 0 aliphatic carbocycles. The number of phosphoric acid groups is 3. The molecule has 4 aromatic heterocycles. The molecule has 0 spiro atoms. The number of aromatic nitrogens is 8. The Morgan fingerprint density at radius 2 is 1.55 bits per heavy atom. The fraction of sp³-hybridized carbons (Fsp3) is 0.524. The number of H-pyrrole nitrogens is 2. The molecule has 30 heteroatoms. The molecule has 2 aliphatic rings. The molecule has 280 valence electrons. The first-order valence-electron chi connectivity index (χ1n) is 14.2. The van der Waals surface area contributed by atoms with E-state index in [1.807, 2.05) is 0 Å². The van der Waals surface area contributed by atoms with Crippen LogP contribution in [0, 0.1) is 0 Å². The number of hydrogen-bond acceptors (Lipinski definition) is 22. The van der Waals surface area contributed by atoms with Crippen molar-refractivity contribution in [2.45, 2.75) is 49.4 Å². The Bertz CT molecular complexity index is 2240. The first kappa shape index (κ1) is 37.3. The van der Waals surface area contributed by atoms with Crippen LogP contribution in [0.15, 0.2) is 22.2 Å². The number of hydrogen-bond donors (Lipinski definition) is 7. The average Bonchev–Trinajstić information content (AvgIpc) is 3.74. The van der Waals surface area contributed by atoms with Gasteiger partial charge in [-0.25, -0.2) is 18.2 Å². The zero-order valence-electron chi connectivity index (χ0n) is 25.6. The van der Waals surface area contributed by atoms with Gasteiger partial charge in [0, 0.05) is 6.42 Å². The minimum absolute atomic E-state index is 0.0709. The fourth-order valence-corrected chi connectivity index (χ4v) is 8.76. The minimum atomic E-state index is -6.32. The van der Waals surface area contributed by atoms with Crippen molar-refractivity contribution < 1.29 is 75.4 Å². The lowest BCUT2D eigenvalue weighted by molar-refractivity contribution is -0.739. The third-order valence-corrected chi connectivity index (χ3v) is 11.7. The maximum Gasteiger partial charge on any atom is 0.313 e. The van der Waals surface area contributed by atoms with Crippen LogP contribution < -0.4 is 41.8 Å². The first-order chi connectivity index (χ1) is 23.7. The van der Waals surface area contributed by atoms with Crippen molar-refractivity contribution in [1.29, 1.82) is 0 Å². The van der Waals surface area contributed by atoms with Crippen LogP contribution in [0.1, 0.15) is 18.9 Å². The molecule has 27 nitrogen and oxygen atoms in total. The molecule has 0 radical (unpaired) electrons. The molecule has 6 rings (SSSR count). The molecule has 0 aromatic carbocycles. The summed E-state index contributed by atoms with van der Waals surface area (Å²) in [6.07, 6.45) is -8.39. The maximum atomic E-state index is 12.3. The number of fused-ring (bicyclic) bond motifs is 2. The molecule has 9 N–H and O–H groups in total. The highest BCUT2D eigenvalue weighted by Crippen LogP contribution is 2.63. The van der Waals surface area contributed by atoms with Gasteiger partial charge in [-0.2, -0.15) is 4.98 Å². The van der Waals surface area contributed by atoms with Gasteiger partial charge in [-0.3, -0.25) is 42.4 Å². The summed E-state index contributed by atoms with van der Waals surface area (Å²) in [5.41, 5.74) is 9.64. The van der Waals surface area contributed by atoms with Gasteiger partial charge >= 0.3 is 5.65 Å². The van der Waals surface area contributed by atoms with Crippen LogP contribution in [-0.2, 0) is 47.9 Å². The Morgan fingerprint density at radius 1 is 0.941 bits per heavy atom. The van der Waals surface area contributed by atoms with E-state index in [2.05, 4.69) is 42.6 Å². The molecule has 2 fully saturated rings. The number of aliphatic hydroxyl groups is 3. The van der Waals surface area contributed by atoms with Crippen LogP contribution in [-0.4, -0.2) is 93.1 Å². The lowest BCUT2D eigenvalue weighted by Gasteiger charge is -2.34. The third kappa shape index (κ3) is 7.68. The van der Waals surface area contributed by atoms with Gasteiger partial charge in [0.1, 0.15) is 24.4 Å². The van der Waals surface area contributed by atoms with E-state index in [-0.39, 0.29) is 40.6 Å². The van der Waals surface area contributed by atoms with Crippen LogP contribution in [0.4, 0.5) is 11.9 Å². The number of nitrogens with one attached hydrogen (secondary N) is 2. The summed E-state index contributed by atoms with van der Waals surface area (Å²) in [6, 6.07) is 0. The monoisotopic (exact) mass is 784 g/mol. The van der Waals surface area contributed by atoms with E-state index in [1.54, 1.807) is 0 Å². The molecule has 0 saturated carbocycles. The number of ether oxygens (including phenoxy) is 2. The van der Waals surface area contributed by atoms with Gasteiger partial charge in [0.15, 0.2) is 29.9 Å². The highest BCUT2D eigenvalue weighted by atomic mass is 31.3. The topological polar surface area (TPSA) is 407 Å². The van der Waals surface area contributed by atoms with E-state index in [0.29, 0.717) is 0 Å². The molecule has 0 bridgehead atoms. The second-order valence-corrected chi connectivity index (χ2v) is 15.6. The number of nitrogens with zero attached hydrogens (tertiary/aromatic N) is 6. The second kappa shape index (κ2) is 13.5. The van der Waals surface area contributed by atoms with Gasteiger partial charge in [0.25, 0.3) is 40.5 Å². The smallest absolute Gasteiger partial charge is 0.313 e. The zero-order valence-corrected chi connectivity index (χ0v) is 28.2. The van der Waals surface area contributed by atoms with Crippen LogP contribution >= 0.6 is 23.5 Å². The molecule has 6 heterocycles. The highest BCUT2D eigenvalue weighted by Gasteiger charge is 2.45. The predicted octanol–water partition coefficient (Wildman–Crippen LogP) is -5.41. The SMILES string of the molecule is Cn1c[n+]([C@H]2C[C@H](O)[C@@H](COP(=O)([O-])OP(=O)([O-])OP(=O)([O-])OC[C@H]3O[C@@H](n4cnc5c(=O)[nH]c(N)nc54)[C@H](O)[C@@H]3O)O2)c2nc(N)[nH]c(=O)c21. The number of rotatable bonds is 12. The lowest BCUT2D eigenvalue weighted by Crippen LogP contribution is -2.39. The van der Waals surface area contributed by atoms with E-state index in [0.717, 1.165) is 10.9 Å². The summed E-state index contributed by atoms with van der Waals surface area (Å²) in [6.45, 7) is -2.19. The Morgan fingerprint density at radius 3 is 2.22 bits per heavy atom. The van der Waals surface area contributed by atoms with E-state index in [1.165, 1.54) is 22.5 Å².